The van der Waals surface area contributed by atoms with Gasteiger partial charge in [0.25, 0.3) is 5.56 Å². The van der Waals surface area contributed by atoms with Gasteiger partial charge < -0.3 is 14.2 Å². The quantitative estimate of drug-likeness (QED) is 0.679. The summed E-state index contributed by atoms with van der Waals surface area (Å²) in [6.45, 7) is 2.56. The van der Waals surface area contributed by atoms with Gasteiger partial charge in [-0.3, -0.25) is 14.4 Å². The normalized spacial score (nSPS) is 28.8. The number of hydrogen-bond acceptors (Lipinski definition) is 9. The summed E-state index contributed by atoms with van der Waals surface area (Å²) in [5.41, 5.74) is -0.445. The van der Waals surface area contributed by atoms with Gasteiger partial charge in [-0.15, -0.1) is 0 Å². The van der Waals surface area contributed by atoms with Crippen LogP contribution in [0.2, 0.25) is 0 Å². The van der Waals surface area contributed by atoms with E-state index in [-0.39, 0.29) is 11.9 Å². The molecule has 0 spiro atoms. The highest BCUT2D eigenvalue weighted by Crippen LogP contribution is 2.47. The lowest BCUT2D eigenvalue weighted by Gasteiger charge is -2.20. The van der Waals surface area contributed by atoms with Gasteiger partial charge in [0, 0.05) is 13.8 Å². The highest BCUT2D eigenvalue weighted by Gasteiger charge is 2.53. The number of hydrogen-bond donors (Lipinski definition) is 0. The maximum absolute atomic E-state index is 11.3. The van der Waals surface area contributed by atoms with E-state index in [4.69, 9.17) is 14.2 Å². The molecule has 3 heterocycles. The topological polar surface area (TPSA) is 110 Å². The van der Waals surface area contributed by atoms with E-state index in [2.05, 4.69) is 10.1 Å². The molecular weight excluding hydrogens is 314 g/mol. The number of nitrogens with zero attached hydrogens (tertiary/aromatic N) is 3. The van der Waals surface area contributed by atoms with Crippen LogP contribution in [-0.4, -0.2) is 50.8 Å². The first kappa shape index (κ1) is 15.0. The molecule has 0 bridgehead atoms. The van der Waals surface area contributed by atoms with Crippen LogP contribution in [-0.2, 0) is 23.8 Å². The average Bonchev–Trinajstić information content (AvgIpc) is 2.92. The zero-order valence-corrected chi connectivity index (χ0v) is 12.6. The first-order valence-electron chi connectivity index (χ1n) is 6.54. The molecule has 0 N–H and O–H groups in total. The highest BCUT2D eigenvalue weighted by atomic mass is 32.2. The van der Waals surface area contributed by atoms with Gasteiger partial charge in [0.2, 0.25) is 0 Å². The molecule has 118 valence electrons. The van der Waals surface area contributed by atoms with E-state index in [1.165, 1.54) is 30.3 Å². The summed E-state index contributed by atoms with van der Waals surface area (Å²) < 4.78 is 17.5. The zero-order chi connectivity index (χ0) is 15.9. The number of aromatic nitrogens is 3. The molecule has 4 atom stereocenters. The summed E-state index contributed by atoms with van der Waals surface area (Å²) in [5, 5.41) is 4.10. The predicted octanol–water partition coefficient (Wildman–Crippen LogP) is -0.495. The molecule has 0 amide bonds. The number of carbonyl (C=O) groups is 2. The molecule has 2 aliphatic rings. The lowest BCUT2D eigenvalue weighted by atomic mass is 10.2. The number of ether oxygens (including phenoxy) is 3. The van der Waals surface area contributed by atoms with Crippen LogP contribution in [0.3, 0.4) is 0 Å². The molecule has 2 aliphatic heterocycles. The van der Waals surface area contributed by atoms with Crippen molar-refractivity contribution in [2.75, 3.05) is 6.61 Å². The van der Waals surface area contributed by atoms with E-state index in [9.17, 15) is 14.4 Å². The van der Waals surface area contributed by atoms with Gasteiger partial charge in [-0.2, -0.15) is 10.1 Å². The number of thioether (sulfide) groups is 1. The van der Waals surface area contributed by atoms with E-state index in [1.807, 2.05) is 0 Å². The molecule has 22 heavy (non-hydrogen) atoms. The third-order valence-electron chi connectivity index (χ3n) is 3.22. The third-order valence-corrected chi connectivity index (χ3v) is 4.48. The van der Waals surface area contributed by atoms with Crippen molar-refractivity contribution in [2.45, 2.75) is 42.7 Å². The van der Waals surface area contributed by atoms with Crippen molar-refractivity contribution in [1.82, 2.24) is 14.8 Å². The van der Waals surface area contributed by atoms with Crippen LogP contribution >= 0.6 is 11.8 Å². The van der Waals surface area contributed by atoms with Crippen molar-refractivity contribution >= 4 is 23.7 Å². The summed E-state index contributed by atoms with van der Waals surface area (Å²) in [7, 11) is 0. The summed E-state index contributed by atoms with van der Waals surface area (Å²) in [4.78, 5) is 37.4. The van der Waals surface area contributed by atoms with Crippen molar-refractivity contribution in [3.05, 3.63) is 16.6 Å². The maximum Gasteiger partial charge on any atom is 0.303 e. The van der Waals surface area contributed by atoms with E-state index >= 15 is 0 Å². The fraction of sp³-hybridized carbons (Fsp3) is 0.583. The minimum Gasteiger partial charge on any atom is -0.463 e. The van der Waals surface area contributed by atoms with Gasteiger partial charge >= 0.3 is 11.9 Å². The van der Waals surface area contributed by atoms with E-state index < -0.39 is 35.9 Å². The highest BCUT2D eigenvalue weighted by molar-refractivity contribution is 8.00. The van der Waals surface area contributed by atoms with Gasteiger partial charge in [-0.25, -0.2) is 4.68 Å². The van der Waals surface area contributed by atoms with Crippen LogP contribution in [0.5, 0.6) is 0 Å². The van der Waals surface area contributed by atoms with Crippen LogP contribution in [0, 0.1) is 0 Å². The Kier molecular flexibility index (Phi) is 3.87. The van der Waals surface area contributed by atoms with E-state index in [0.29, 0.717) is 5.16 Å². The first-order valence-corrected chi connectivity index (χ1v) is 7.42. The minimum atomic E-state index is -0.620. The SMILES string of the molecule is CC(=O)OC[C@H]1O[C@@H]2[C@@H](Sc3nc(=O)cnn32)[C@@H]1OC(C)=O. The van der Waals surface area contributed by atoms with Crippen LogP contribution in [0.15, 0.2) is 16.1 Å². The first-order chi connectivity index (χ1) is 10.5. The fourth-order valence-corrected chi connectivity index (χ4v) is 3.72. The van der Waals surface area contributed by atoms with Crippen LogP contribution < -0.4 is 5.56 Å². The standard InChI is InChI=1S/C12H13N3O6S/c1-5(16)19-4-7-9(20-6(2)17)10-11(21-7)15-12(22-10)14-8(18)3-13-15/h3,7,9-11H,4H2,1-2H3/t7-,9-,10+,11-/m1/s1. The molecule has 0 aliphatic carbocycles. The molecule has 10 heteroatoms. The number of carbonyl (C=O) groups excluding carboxylic acids is 2. The molecule has 0 radical (unpaired) electrons. The van der Waals surface area contributed by atoms with Crippen LogP contribution in [0.25, 0.3) is 0 Å². The molecule has 1 fully saturated rings. The van der Waals surface area contributed by atoms with Gasteiger partial charge in [0.15, 0.2) is 11.4 Å². The molecule has 0 aromatic carbocycles. The lowest BCUT2D eigenvalue weighted by Crippen LogP contribution is -2.36. The van der Waals surface area contributed by atoms with Crippen molar-refractivity contribution in [2.24, 2.45) is 0 Å². The van der Waals surface area contributed by atoms with Crippen LogP contribution in [0.4, 0.5) is 0 Å². The molecule has 1 saturated heterocycles. The lowest BCUT2D eigenvalue weighted by molar-refractivity contribution is -0.155. The molecule has 1 aromatic heterocycles. The second kappa shape index (κ2) is 5.69. The number of rotatable bonds is 3. The Bertz CT molecular complexity index is 677. The monoisotopic (exact) mass is 327 g/mol. The number of fused-ring (bicyclic) bond motifs is 3. The zero-order valence-electron chi connectivity index (χ0n) is 11.8. The molecule has 0 unspecified atom stereocenters. The molecule has 1 aromatic rings. The second-order valence-corrected chi connectivity index (χ2v) is 5.99. The van der Waals surface area contributed by atoms with Gasteiger partial charge in [0.05, 0.1) is 5.25 Å². The van der Waals surface area contributed by atoms with E-state index in [1.54, 1.807) is 0 Å². The predicted molar refractivity (Wildman–Crippen MR) is 72.0 cm³/mol. The Morgan fingerprint density at radius 1 is 1.41 bits per heavy atom. The fourth-order valence-electron chi connectivity index (χ4n) is 2.41. The Morgan fingerprint density at radius 3 is 2.86 bits per heavy atom. The summed E-state index contributed by atoms with van der Waals surface area (Å²) >= 11 is 1.26. The van der Waals surface area contributed by atoms with E-state index in [0.717, 1.165) is 6.20 Å². The van der Waals surface area contributed by atoms with Crippen molar-refractivity contribution in [1.29, 1.82) is 0 Å². The summed E-state index contributed by atoms with van der Waals surface area (Å²) in [6, 6.07) is 0. The average molecular weight is 327 g/mol. The molecule has 3 rings (SSSR count). The van der Waals surface area contributed by atoms with Gasteiger partial charge in [-0.05, 0) is 0 Å². The van der Waals surface area contributed by atoms with Crippen molar-refractivity contribution in [3.8, 4) is 0 Å². The second-order valence-electron chi connectivity index (χ2n) is 4.85. The molecule has 9 nitrogen and oxygen atoms in total. The Labute approximate surface area is 128 Å². The van der Waals surface area contributed by atoms with Crippen molar-refractivity contribution < 1.29 is 23.8 Å². The minimum absolute atomic E-state index is 0.0240. The Morgan fingerprint density at radius 2 is 2.18 bits per heavy atom. The Hall–Kier alpha value is -1.94. The molecule has 0 saturated carbocycles. The van der Waals surface area contributed by atoms with Crippen LogP contribution in [0.1, 0.15) is 20.1 Å². The Balaban J connectivity index is 1.84. The summed E-state index contributed by atoms with van der Waals surface area (Å²) in [5.74, 6) is -0.909. The van der Waals surface area contributed by atoms with Gasteiger partial charge in [0.1, 0.15) is 25.0 Å². The smallest absolute Gasteiger partial charge is 0.303 e. The van der Waals surface area contributed by atoms with Gasteiger partial charge in [-0.1, -0.05) is 11.8 Å². The summed E-state index contributed by atoms with van der Waals surface area (Å²) in [6.07, 6.45) is -0.649. The largest absolute Gasteiger partial charge is 0.463 e. The number of esters is 2. The maximum atomic E-state index is 11.3. The van der Waals surface area contributed by atoms with Crippen molar-refractivity contribution in [3.63, 3.8) is 0 Å². The third kappa shape index (κ3) is 2.71. The molecular formula is C12H13N3O6S.